The van der Waals surface area contributed by atoms with Crippen LogP contribution in [0.15, 0.2) is 91.1 Å². The largest absolute Gasteiger partial charge is 0.497 e. The standard InChI is InChI=1S/C24H18N2O/c1-27-19-12-13-21-20(16-19)23(17-8-4-2-5-9-17)24(18-10-6-3-7-11-18)22-14-15-25-26(21)22/h2-16H,1H3. The van der Waals surface area contributed by atoms with Gasteiger partial charge in [0.2, 0.25) is 0 Å². The van der Waals surface area contributed by atoms with Crippen molar-refractivity contribution in [3.05, 3.63) is 91.1 Å². The van der Waals surface area contributed by atoms with Crippen LogP contribution >= 0.6 is 0 Å². The maximum absolute atomic E-state index is 5.52. The molecule has 0 aliphatic carbocycles. The Balaban J connectivity index is 2.03. The third-order valence-corrected chi connectivity index (χ3v) is 4.98. The van der Waals surface area contributed by atoms with E-state index in [4.69, 9.17) is 4.74 Å². The fourth-order valence-electron chi connectivity index (χ4n) is 3.78. The third kappa shape index (κ3) is 2.48. The molecule has 2 heterocycles. The average Bonchev–Trinajstić information content (AvgIpc) is 3.23. The number of pyridine rings is 1. The van der Waals surface area contributed by atoms with Crippen LogP contribution in [-0.4, -0.2) is 16.7 Å². The topological polar surface area (TPSA) is 26.5 Å². The number of benzene rings is 3. The Bertz CT molecular complexity index is 1240. The molecule has 0 atom stereocenters. The Morgan fingerprint density at radius 2 is 1.37 bits per heavy atom. The Morgan fingerprint density at radius 3 is 2.04 bits per heavy atom. The van der Waals surface area contributed by atoms with E-state index >= 15 is 0 Å². The summed E-state index contributed by atoms with van der Waals surface area (Å²) in [7, 11) is 1.70. The normalized spacial score (nSPS) is 11.1. The summed E-state index contributed by atoms with van der Waals surface area (Å²) in [5.41, 5.74) is 6.89. The minimum absolute atomic E-state index is 0.838. The van der Waals surface area contributed by atoms with Gasteiger partial charge >= 0.3 is 0 Å². The molecule has 27 heavy (non-hydrogen) atoms. The molecule has 130 valence electrons. The Labute approximate surface area is 157 Å². The van der Waals surface area contributed by atoms with Gasteiger partial charge in [0.25, 0.3) is 0 Å². The Morgan fingerprint density at radius 1 is 0.704 bits per heavy atom. The molecule has 0 fully saturated rings. The van der Waals surface area contributed by atoms with E-state index in [9.17, 15) is 0 Å². The van der Waals surface area contributed by atoms with E-state index in [-0.39, 0.29) is 0 Å². The number of nitrogens with zero attached hydrogens (tertiary/aromatic N) is 2. The molecule has 0 unspecified atom stereocenters. The molecule has 5 rings (SSSR count). The van der Waals surface area contributed by atoms with Crippen molar-refractivity contribution in [1.29, 1.82) is 0 Å². The lowest BCUT2D eigenvalue weighted by Crippen LogP contribution is -1.98. The van der Waals surface area contributed by atoms with Crippen molar-refractivity contribution >= 4 is 16.4 Å². The van der Waals surface area contributed by atoms with E-state index in [2.05, 4.69) is 71.8 Å². The number of hydrogen-bond acceptors (Lipinski definition) is 2. The van der Waals surface area contributed by atoms with Crippen molar-refractivity contribution in [2.75, 3.05) is 7.11 Å². The molecule has 0 aliphatic rings. The van der Waals surface area contributed by atoms with E-state index in [1.54, 1.807) is 7.11 Å². The van der Waals surface area contributed by atoms with Crippen LogP contribution in [0.3, 0.4) is 0 Å². The summed E-state index contributed by atoms with van der Waals surface area (Å²) in [6.07, 6.45) is 1.86. The van der Waals surface area contributed by atoms with E-state index in [1.807, 2.05) is 28.9 Å². The fraction of sp³-hybridized carbons (Fsp3) is 0.0417. The highest BCUT2D eigenvalue weighted by Crippen LogP contribution is 2.41. The molecule has 0 spiro atoms. The zero-order chi connectivity index (χ0) is 18.2. The first kappa shape index (κ1) is 15.6. The Hall–Kier alpha value is -3.59. The van der Waals surface area contributed by atoms with Crippen molar-refractivity contribution in [2.45, 2.75) is 0 Å². The molecule has 3 heteroatoms. The summed E-state index contributed by atoms with van der Waals surface area (Å²) >= 11 is 0. The first-order chi connectivity index (χ1) is 13.4. The number of fused-ring (bicyclic) bond motifs is 3. The van der Waals surface area contributed by atoms with Gasteiger partial charge in [-0.3, -0.25) is 0 Å². The van der Waals surface area contributed by atoms with Crippen molar-refractivity contribution in [1.82, 2.24) is 9.61 Å². The first-order valence-corrected chi connectivity index (χ1v) is 8.95. The molecule has 2 aromatic heterocycles. The molecule has 3 nitrogen and oxygen atoms in total. The van der Waals surface area contributed by atoms with Crippen LogP contribution in [0.5, 0.6) is 5.75 Å². The number of rotatable bonds is 3. The van der Waals surface area contributed by atoms with E-state index in [1.165, 1.54) is 22.3 Å². The quantitative estimate of drug-likeness (QED) is 0.409. The van der Waals surface area contributed by atoms with E-state index in [0.717, 1.165) is 22.2 Å². The second-order valence-electron chi connectivity index (χ2n) is 6.49. The molecule has 0 radical (unpaired) electrons. The van der Waals surface area contributed by atoms with Crippen molar-refractivity contribution in [3.8, 4) is 28.0 Å². The van der Waals surface area contributed by atoms with Crippen LogP contribution in [0.25, 0.3) is 38.7 Å². The molecular formula is C24H18N2O. The summed E-state index contributed by atoms with van der Waals surface area (Å²) < 4.78 is 7.54. The van der Waals surface area contributed by atoms with Gasteiger partial charge in [0.05, 0.1) is 24.3 Å². The van der Waals surface area contributed by atoms with E-state index in [0.29, 0.717) is 0 Å². The van der Waals surface area contributed by atoms with Gasteiger partial charge in [-0.2, -0.15) is 5.10 Å². The zero-order valence-electron chi connectivity index (χ0n) is 15.0. The summed E-state index contributed by atoms with van der Waals surface area (Å²) in [5.74, 6) is 0.838. The van der Waals surface area contributed by atoms with Crippen molar-refractivity contribution in [2.24, 2.45) is 0 Å². The zero-order valence-corrected chi connectivity index (χ0v) is 15.0. The van der Waals surface area contributed by atoms with Gasteiger partial charge in [0.1, 0.15) is 5.75 Å². The third-order valence-electron chi connectivity index (χ3n) is 4.98. The van der Waals surface area contributed by atoms with Gasteiger partial charge in [-0.05, 0) is 35.4 Å². The van der Waals surface area contributed by atoms with Gasteiger partial charge in [-0.1, -0.05) is 60.7 Å². The van der Waals surface area contributed by atoms with Crippen LogP contribution in [0, 0.1) is 0 Å². The number of ether oxygens (including phenoxy) is 1. The van der Waals surface area contributed by atoms with Crippen LogP contribution in [-0.2, 0) is 0 Å². The lowest BCUT2D eigenvalue weighted by molar-refractivity contribution is 0.415. The Kier molecular flexibility index (Phi) is 3.65. The highest BCUT2D eigenvalue weighted by molar-refractivity contribution is 6.08. The molecular weight excluding hydrogens is 332 g/mol. The predicted octanol–water partition coefficient (Wildman–Crippen LogP) is 5.83. The molecule has 3 aromatic carbocycles. The molecule has 0 aliphatic heterocycles. The molecule has 0 amide bonds. The van der Waals surface area contributed by atoms with Gasteiger partial charge in [0, 0.05) is 16.5 Å². The lowest BCUT2D eigenvalue weighted by atomic mass is 9.91. The van der Waals surface area contributed by atoms with Crippen LogP contribution < -0.4 is 4.74 Å². The van der Waals surface area contributed by atoms with Crippen molar-refractivity contribution < 1.29 is 4.74 Å². The lowest BCUT2D eigenvalue weighted by Gasteiger charge is -2.17. The molecule has 0 bridgehead atoms. The monoisotopic (exact) mass is 350 g/mol. The maximum atomic E-state index is 5.52. The number of hydrogen-bond donors (Lipinski definition) is 0. The van der Waals surface area contributed by atoms with Crippen LogP contribution in [0.1, 0.15) is 0 Å². The maximum Gasteiger partial charge on any atom is 0.119 e. The van der Waals surface area contributed by atoms with E-state index < -0.39 is 0 Å². The SMILES string of the molecule is COc1ccc2c(c1)c(-c1ccccc1)c(-c1ccccc1)c1ccnn12. The van der Waals surface area contributed by atoms with Crippen LogP contribution in [0.2, 0.25) is 0 Å². The molecule has 0 N–H and O–H groups in total. The highest BCUT2D eigenvalue weighted by Gasteiger charge is 2.18. The average molecular weight is 350 g/mol. The summed E-state index contributed by atoms with van der Waals surface area (Å²) in [6.45, 7) is 0. The second-order valence-corrected chi connectivity index (χ2v) is 6.49. The predicted molar refractivity (Wildman–Crippen MR) is 110 cm³/mol. The summed E-state index contributed by atoms with van der Waals surface area (Å²) in [6, 6.07) is 29.3. The molecule has 5 aromatic rings. The first-order valence-electron chi connectivity index (χ1n) is 8.95. The number of aromatic nitrogens is 2. The second kappa shape index (κ2) is 6.29. The highest BCUT2D eigenvalue weighted by atomic mass is 16.5. The minimum Gasteiger partial charge on any atom is -0.497 e. The van der Waals surface area contributed by atoms with Gasteiger partial charge in [-0.25, -0.2) is 4.52 Å². The number of methoxy groups -OCH3 is 1. The summed E-state index contributed by atoms with van der Waals surface area (Å²) in [5, 5.41) is 5.72. The van der Waals surface area contributed by atoms with Gasteiger partial charge in [-0.15, -0.1) is 0 Å². The molecule has 0 saturated carbocycles. The van der Waals surface area contributed by atoms with Gasteiger partial charge in [0.15, 0.2) is 0 Å². The molecule has 0 saturated heterocycles. The summed E-state index contributed by atoms with van der Waals surface area (Å²) in [4.78, 5) is 0. The van der Waals surface area contributed by atoms with Gasteiger partial charge < -0.3 is 4.74 Å². The fourth-order valence-corrected chi connectivity index (χ4v) is 3.78. The van der Waals surface area contributed by atoms with Crippen molar-refractivity contribution in [3.63, 3.8) is 0 Å². The smallest absolute Gasteiger partial charge is 0.119 e. The van der Waals surface area contributed by atoms with Crippen LogP contribution in [0.4, 0.5) is 0 Å². The minimum atomic E-state index is 0.838.